The van der Waals surface area contributed by atoms with Crippen LogP contribution in [-0.4, -0.2) is 58.9 Å². The molecule has 1 aromatic rings. The highest BCUT2D eigenvalue weighted by Crippen LogP contribution is 2.48. The Hall–Kier alpha value is -3.63. The molecule has 3 fully saturated rings. The molecule has 4 amide bonds. The van der Waals surface area contributed by atoms with E-state index in [1.165, 1.54) is 4.90 Å². The van der Waals surface area contributed by atoms with Crippen LogP contribution in [0.5, 0.6) is 0 Å². The van der Waals surface area contributed by atoms with E-state index in [1.54, 1.807) is 20.8 Å². The summed E-state index contributed by atoms with van der Waals surface area (Å²) >= 11 is 0. The Kier molecular flexibility index (Phi) is 8.38. The van der Waals surface area contributed by atoms with Crippen LogP contribution in [0, 0.1) is 34.5 Å². The summed E-state index contributed by atoms with van der Waals surface area (Å²) in [7, 11) is 0. The maximum Gasteiger partial charge on any atom is 0.452 e. The first-order chi connectivity index (χ1) is 19.1. The van der Waals surface area contributed by atoms with Crippen LogP contribution in [0.25, 0.3) is 0 Å². The maximum atomic E-state index is 14.2. The zero-order valence-electron chi connectivity index (χ0n) is 23.2. The van der Waals surface area contributed by atoms with E-state index in [4.69, 9.17) is 5.73 Å². The molecule has 4 N–H and O–H groups in total. The number of nitrogens with zero attached hydrogens (tertiary/aromatic N) is 3. The van der Waals surface area contributed by atoms with Gasteiger partial charge in [0.05, 0.1) is 17.6 Å². The second-order valence-electron chi connectivity index (χ2n) is 12.3. The summed E-state index contributed by atoms with van der Waals surface area (Å²) < 4.78 is 46.4. The topological polar surface area (TPSA) is 171 Å². The van der Waals surface area contributed by atoms with Crippen molar-refractivity contribution in [3.05, 3.63) is 17.0 Å². The molecule has 3 aliphatic rings. The molecule has 1 saturated carbocycles. The highest BCUT2D eigenvalue weighted by molar-refractivity contribution is 5.97. The molecule has 1 aromatic heterocycles. The summed E-state index contributed by atoms with van der Waals surface area (Å²) in [4.78, 5) is 53.6. The number of halogens is 3. The Bertz CT molecular complexity index is 1250. The fraction of sp³-hybridized carbons (Fsp3) is 0.704. The molecule has 3 heterocycles. The molecule has 2 saturated heterocycles. The SMILES string of the molecule is CC(C)(C)[C@H](C(=O)N1C[C@@H]2CCC[C@@H]2[C@H]1C(=O)N[C@H](C#N)C[C@@H]1CCCNC1=O)c1c(C(N)=O)noc1C(F)(F)F. The lowest BCUT2D eigenvalue weighted by molar-refractivity contribution is -0.157. The first-order valence-corrected chi connectivity index (χ1v) is 13.8. The number of nitrogens with one attached hydrogen (secondary N) is 2. The second-order valence-corrected chi connectivity index (χ2v) is 12.3. The number of alkyl halides is 3. The Labute approximate surface area is 235 Å². The predicted molar refractivity (Wildman–Crippen MR) is 136 cm³/mol. The summed E-state index contributed by atoms with van der Waals surface area (Å²) in [5, 5.41) is 18.5. The van der Waals surface area contributed by atoms with Gasteiger partial charge in [-0.1, -0.05) is 32.3 Å². The number of nitriles is 1. The highest BCUT2D eigenvalue weighted by atomic mass is 19.4. The van der Waals surface area contributed by atoms with Crippen molar-refractivity contribution < 1.29 is 36.9 Å². The standard InChI is InChI=1S/C27H35F3N6O5/c1-26(2,3)18(17-19(22(32)37)35-41-21(17)27(28,29)30)25(40)36-12-14-6-4-8-16(14)20(36)24(39)34-15(11-31)10-13-7-5-9-33-23(13)38/h13-16,18,20H,4-10,12H2,1-3H3,(H2,32,37)(H,33,38)(H,34,39)/t13-,14-,15-,16-,18-,20-/m0/s1. The molecule has 0 unspecified atom stereocenters. The molecule has 2 aliphatic heterocycles. The summed E-state index contributed by atoms with van der Waals surface area (Å²) in [6, 6.07) is -0.00742. The fourth-order valence-corrected chi connectivity index (χ4v) is 6.65. The van der Waals surface area contributed by atoms with E-state index in [0.29, 0.717) is 19.4 Å². The monoisotopic (exact) mass is 580 g/mol. The van der Waals surface area contributed by atoms with Gasteiger partial charge in [-0.2, -0.15) is 18.4 Å². The van der Waals surface area contributed by atoms with Gasteiger partial charge in [0.25, 0.3) is 5.91 Å². The molecule has 0 aromatic carbocycles. The minimum Gasteiger partial charge on any atom is -0.364 e. The Morgan fingerprint density at radius 1 is 1.22 bits per heavy atom. The number of carbonyl (C=O) groups is 4. The molecule has 0 radical (unpaired) electrons. The number of hydrogen-bond acceptors (Lipinski definition) is 7. The van der Waals surface area contributed by atoms with Gasteiger partial charge in [-0.3, -0.25) is 19.2 Å². The van der Waals surface area contributed by atoms with Crippen molar-refractivity contribution in [3.63, 3.8) is 0 Å². The first kappa shape index (κ1) is 30.3. The fourth-order valence-electron chi connectivity index (χ4n) is 6.65. The smallest absolute Gasteiger partial charge is 0.364 e. The minimum atomic E-state index is -5.07. The van der Waals surface area contributed by atoms with Crippen LogP contribution in [0.1, 0.15) is 87.0 Å². The van der Waals surface area contributed by atoms with Crippen molar-refractivity contribution in [2.75, 3.05) is 13.1 Å². The van der Waals surface area contributed by atoms with Gasteiger partial charge in [0, 0.05) is 19.0 Å². The third kappa shape index (κ3) is 6.04. The first-order valence-electron chi connectivity index (χ1n) is 13.8. The van der Waals surface area contributed by atoms with Crippen LogP contribution in [0.4, 0.5) is 13.2 Å². The number of fused-ring (bicyclic) bond motifs is 1. The molecule has 0 spiro atoms. The number of carbonyl (C=O) groups excluding carboxylic acids is 4. The van der Waals surface area contributed by atoms with Crippen molar-refractivity contribution in [1.82, 2.24) is 20.7 Å². The Morgan fingerprint density at radius 2 is 1.93 bits per heavy atom. The molecule has 6 atom stereocenters. The molecule has 224 valence electrons. The summed E-state index contributed by atoms with van der Waals surface area (Å²) in [6.45, 7) is 5.31. The number of hydrogen-bond donors (Lipinski definition) is 3. The molecule has 1 aliphatic carbocycles. The van der Waals surface area contributed by atoms with Gasteiger partial charge in [0.2, 0.25) is 23.5 Å². The third-order valence-electron chi connectivity index (χ3n) is 8.45. The van der Waals surface area contributed by atoms with Gasteiger partial charge in [-0.25, -0.2) is 0 Å². The van der Waals surface area contributed by atoms with Gasteiger partial charge in [-0.15, -0.1) is 0 Å². The molecule has 4 rings (SSSR count). The Balaban J connectivity index is 1.68. The molecular formula is C27H35F3N6O5. The van der Waals surface area contributed by atoms with Crippen LogP contribution in [-0.2, 0) is 20.6 Å². The van der Waals surface area contributed by atoms with Crippen LogP contribution >= 0.6 is 0 Å². The maximum absolute atomic E-state index is 14.2. The zero-order chi connectivity index (χ0) is 30.3. The minimum absolute atomic E-state index is 0.0554. The summed E-state index contributed by atoms with van der Waals surface area (Å²) in [6.07, 6.45) is -1.45. The van der Waals surface area contributed by atoms with E-state index < -0.39 is 70.2 Å². The molecule has 14 heteroatoms. The third-order valence-corrected chi connectivity index (χ3v) is 8.45. The molecule has 11 nitrogen and oxygen atoms in total. The van der Waals surface area contributed by atoms with Gasteiger partial charge < -0.3 is 25.8 Å². The highest BCUT2D eigenvalue weighted by Gasteiger charge is 2.54. The van der Waals surface area contributed by atoms with Crippen molar-refractivity contribution in [2.24, 2.45) is 28.9 Å². The average molecular weight is 581 g/mol. The quantitative estimate of drug-likeness (QED) is 0.445. The lowest BCUT2D eigenvalue weighted by Gasteiger charge is -2.36. The van der Waals surface area contributed by atoms with E-state index >= 15 is 0 Å². The zero-order valence-corrected chi connectivity index (χ0v) is 23.2. The van der Waals surface area contributed by atoms with Crippen LogP contribution in [0.15, 0.2) is 4.52 Å². The lowest BCUT2D eigenvalue weighted by Crippen LogP contribution is -2.53. The van der Waals surface area contributed by atoms with Gasteiger partial charge in [0.15, 0.2) is 5.69 Å². The Morgan fingerprint density at radius 3 is 2.51 bits per heavy atom. The van der Waals surface area contributed by atoms with E-state index in [0.717, 1.165) is 19.3 Å². The lowest BCUT2D eigenvalue weighted by atomic mass is 9.74. The number of piperidine rings is 1. The van der Waals surface area contributed by atoms with Crippen molar-refractivity contribution in [2.45, 2.75) is 83.5 Å². The van der Waals surface area contributed by atoms with E-state index in [9.17, 15) is 37.6 Å². The van der Waals surface area contributed by atoms with E-state index in [1.807, 2.05) is 6.07 Å². The van der Waals surface area contributed by atoms with Gasteiger partial charge >= 0.3 is 6.18 Å². The van der Waals surface area contributed by atoms with Crippen molar-refractivity contribution in [3.8, 4) is 6.07 Å². The second kappa shape index (κ2) is 11.3. The van der Waals surface area contributed by atoms with Gasteiger partial charge in [0.1, 0.15) is 12.1 Å². The van der Waals surface area contributed by atoms with Gasteiger partial charge in [-0.05, 0) is 49.4 Å². The van der Waals surface area contributed by atoms with Crippen LogP contribution in [0.3, 0.4) is 0 Å². The normalized spacial score (nSPS) is 26.1. The number of primary amides is 1. The van der Waals surface area contributed by atoms with Crippen LogP contribution in [0.2, 0.25) is 0 Å². The predicted octanol–water partition coefficient (Wildman–Crippen LogP) is 2.47. The number of likely N-dealkylation sites (tertiary alicyclic amines) is 1. The van der Waals surface area contributed by atoms with E-state index in [2.05, 4.69) is 20.3 Å². The van der Waals surface area contributed by atoms with E-state index in [-0.39, 0.29) is 30.7 Å². The largest absolute Gasteiger partial charge is 0.452 e. The average Bonchev–Trinajstić information content (AvgIpc) is 3.58. The van der Waals surface area contributed by atoms with Crippen molar-refractivity contribution in [1.29, 1.82) is 5.26 Å². The molecule has 0 bridgehead atoms. The summed E-state index contributed by atoms with van der Waals surface area (Å²) in [5.41, 5.74) is 2.62. The van der Waals surface area contributed by atoms with Crippen LogP contribution < -0.4 is 16.4 Å². The summed E-state index contributed by atoms with van der Waals surface area (Å²) in [5.74, 6) is -6.76. The number of nitrogens with two attached hydrogens (primary N) is 1. The number of aromatic nitrogens is 1. The number of amides is 4. The molecular weight excluding hydrogens is 545 g/mol. The molecule has 41 heavy (non-hydrogen) atoms. The number of rotatable bonds is 7. The van der Waals surface area contributed by atoms with Crippen molar-refractivity contribution >= 4 is 23.6 Å².